The Kier molecular flexibility index (Phi) is 6.68. The summed E-state index contributed by atoms with van der Waals surface area (Å²) in [4.78, 5) is 19.4. The van der Waals surface area contributed by atoms with Gasteiger partial charge in [0.05, 0.1) is 5.41 Å². The van der Waals surface area contributed by atoms with Gasteiger partial charge in [0.25, 0.3) is 0 Å². The van der Waals surface area contributed by atoms with Crippen molar-refractivity contribution in [2.24, 2.45) is 11.8 Å². The third-order valence-electron chi connectivity index (χ3n) is 8.74. The molecule has 1 saturated heterocycles. The Morgan fingerprint density at radius 3 is 2.52 bits per heavy atom. The van der Waals surface area contributed by atoms with Gasteiger partial charge in [-0.25, -0.2) is 0 Å². The monoisotopic (exact) mass is 465 g/mol. The van der Waals surface area contributed by atoms with Crippen molar-refractivity contribution in [3.05, 3.63) is 57.8 Å². The lowest BCUT2D eigenvalue weighted by Gasteiger charge is -2.57. The number of ether oxygens (including phenoxy) is 1. The van der Waals surface area contributed by atoms with Gasteiger partial charge >= 0.3 is 5.97 Å². The van der Waals surface area contributed by atoms with Crippen LogP contribution in [0.2, 0.25) is 0 Å². The van der Waals surface area contributed by atoms with Gasteiger partial charge in [-0.05, 0) is 76.1 Å². The molecule has 1 aliphatic heterocycles. The van der Waals surface area contributed by atoms with E-state index in [0.29, 0.717) is 11.8 Å². The van der Waals surface area contributed by atoms with E-state index in [0.717, 1.165) is 70.1 Å². The Morgan fingerprint density at radius 2 is 1.85 bits per heavy atom. The van der Waals surface area contributed by atoms with E-state index >= 15 is 0 Å². The van der Waals surface area contributed by atoms with Crippen LogP contribution in [0, 0.1) is 18.8 Å². The fraction of sp³-hybridized carbons (Fsp3) is 0.621. The third kappa shape index (κ3) is 4.66. The van der Waals surface area contributed by atoms with Gasteiger partial charge in [0, 0.05) is 28.8 Å². The largest absolute Gasteiger partial charge is 0.458 e. The second kappa shape index (κ2) is 9.54. The topological polar surface area (TPSA) is 29.5 Å². The molecule has 0 N–H and O–H groups in total. The maximum Gasteiger partial charge on any atom is 0.317 e. The van der Waals surface area contributed by atoms with Crippen LogP contribution in [0.15, 0.2) is 42.5 Å². The van der Waals surface area contributed by atoms with E-state index in [4.69, 9.17) is 4.74 Å². The van der Waals surface area contributed by atoms with Gasteiger partial charge in [-0.1, -0.05) is 56.0 Å². The molecule has 2 aliphatic carbocycles. The lowest BCUT2D eigenvalue weighted by molar-refractivity contribution is -0.206. The predicted octanol–water partition coefficient (Wildman–Crippen LogP) is 6.53. The number of benzene rings is 1. The fourth-order valence-corrected chi connectivity index (χ4v) is 7.73. The van der Waals surface area contributed by atoms with E-state index in [-0.39, 0.29) is 11.6 Å². The highest BCUT2D eigenvalue weighted by molar-refractivity contribution is 7.11. The Bertz CT molecular complexity index is 946. The van der Waals surface area contributed by atoms with Gasteiger partial charge < -0.3 is 9.64 Å². The van der Waals surface area contributed by atoms with Gasteiger partial charge in [-0.2, -0.15) is 0 Å². The molecule has 3 nitrogen and oxygen atoms in total. The number of carbonyl (C=O) groups excluding carboxylic acids is 1. The maximum absolute atomic E-state index is 13.9. The zero-order valence-corrected chi connectivity index (χ0v) is 21.2. The number of esters is 1. The standard InChI is InChI=1S/C29H39NO2S/c1-22-12-13-25(33-22)14-18-30-19-15-26-23(21-30)20-28(26,2)32-27(31)29(16-8-3-4-9-17-29)24-10-6-5-7-11-24/h5-7,10-13,23,26H,3-4,8-9,14-21H2,1-2H3/t23?,26?,28-/m0/s1. The minimum absolute atomic E-state index is 0.0482. The molecular weight excluding hydrogens is 426 g/mol. The van der Waals surface area contributed by atoms with Crippen molar-refractivity contribution < 1.29 is 9.53 Å². The highest BCUT2D eigenvalue weighted by Gasteiger charge is 2.56. The molecule has 0 bridgehead atoms. The Morgan fingerprint density at radius 1 is 1.09 bits per heavy atom. The van der Waals surface area contributed by atoms with Crippen LogP contribution >= 0.6 is 11.3 Å². The molecule has 2 heterocycles. The molecule has 1 aromatic heterocycles. The van der Waals surface area contributed by atoms with Crippen LogP contribution in [0.4, 0.5) is 0 Å². The molecule has 2 aromatic rings. The molecule has 33 heavy (non-hydrogen) atoms. The second-order valence-corrected chi connectivity index (χ2v) is 12.4. The van der Waals surface area contributed by atoms with Crippen molar-refractivity contribution in [1.82, 2.24) is 4.90 Å². The average Bonchev–Trinajstić information content (AvgIpc) is 3.07. The highest BCUT2D eigenvalue weighted by atomic mass is 32.1. The van der Waals surface area contributed by atoms with E-state index in [1.807, 2.05) is 17.4 Å². The first-order valence-corrected chi connectivity index (χ1v) is 13.9. The number of hydrogen-bond acceptors (Lipinski definition) is 4. The van der Waals surface area contributed by atoms with Crippen molar-refractivity contribution >= 4 is 17.3 Å². The number of rotatable bonds is 6. The summed E-state index contributed by atoms with van der Waals surface area (Å²) in [6.07, 6.45) is 9.86. The molecule has 4 heteroatoms. The maximum atomic E-state index is 13.9. The molecule has 1 aromatic carbocycles. The Hall–Kier alpha value is -1.65. The summed E-state index contributed by atoms with van der Waals surface area (Å²) in [5, 5.41) is 0. The number of hydrogen-bond donors (Lipinski definition) is 0. The molecule has 0 amide bonds. The third-order valence-corrected chi connectivity index (χ3v) is 9.80. The van der Waals surface area contributed by atoms with Crippen LogP contribution in [-0.4, -0.2) is 36.1 Å². The van der Waals surface area contributed by atoms with Gasteiger partial charge in [0.1, 0.15) is 5.60 Å². The number of carbonyl (C=O) groups is 1. The summed E-state index contributed by atoms with van der Waals surface area (Å²) in [6, 6.07) is 15.0. The molecular formula is C29H39NO2S. The van der Waals surface area contributed by atoms with E-state index in [2.05, 4.69) is 55.1 Å². The van der Waals surface area contributed by atoms with Crippen molar-refractivity contribution in [1.29, 1.82) is 0 Å². The molecule has 3 aliphatic rings. The zero-order chi connectivity index (χ0) is 22.9. The minimum Gasteiger partial charge on any atom is -0.458 e. The SMILES string of the molecule is Cc1ccc(CCN2CCC3C(C2)C[C@]3(C)OC(=O)C2(c3ccccc3)CCCCCC2)s1. The molecule has 0 spiro atoms. The quantitative estimate of drug-likeness (QED) is 0.358. The van der Waals surface area contributed by atoms with E-state index in [1.54, 1.807) is 0 Å². The summed E-state index contributed by atoms with van der Waals surface area (Å²) in [5.74, 6) is 1.23. The summed E-state index contributed by atoms with van der Waals surface area (Å²) < 4.78 is 6.51. The first-order valence-electron chi connectivity index (χ1n) is 13.1. The number of likely N-dealkylation sites (tertiary alicyclic amines) is 1. The Labute approximate surface area is 203 Å². The second-order valence-electron chi connectivity index (χ2n) is 11.0. The normalized spacial score (nSPS) is 29.5. The number of aryl methyl sites for hydroxylation is 1. The highest BCUT2D eigenvalue weighted by Crippen LogP contribution is 2.52. The van der Waals surface area contributed by atoms with Crippen molar-refractivity contribution in [3.8, 4) is 0 Å². The molecule has 2 unspecified atom stereocenters. The fourth-order valence-electron chi connectivity index (χ4n) is 6.85. The predicted molar refractivity (Wildman–Crippen MR) is 136 cm³/mol. The number of thiophene rings is 1. The van der Waals surface area contributed by atoms with Crippen LogP contribution < -0.4 is 0 Å². The van der Waals surface area contributed by atoms with Crippen molar-refractivity contribution in [3.63, 3.8) is 0 Å². The zero-order valence-electron chi connectivity index (χ0n) is 20.4. The number of fused-ring (bicyclic) bond motifs is 1. The van der Waals surface area contributed by atoms with Crippen LogP contribution in [0.1, 0.15) is 73.6 Å². The van der Waals surface area contributed by atoms with Crippen LogP contribution in [0.3, 0.4) is 0 Å². The van der Waals surface area contributed by atoms with Crippen LogP contribution in [0.25, 0.3) is 0 Å². The Balaban J connectivity index is 1.22. The van der Waals surface area contributed by atoms with Crippen LogP contribution in [0.5, 0.6) is 0 Å². The average molecular weight is 466 g/mol. The van der Waals surface area contributed by atoms with Crippen molar-refractivity contribution in [2.45, 2.75) is 82.7 Å². The van der Waals surface area contributed by atoms with Gasteiger partial charge in [-0.3, -0.25) is 4.79 Å². The number of piperidine rings is 1. The first kappa shape index (κ1) is 23.1. The minimum atomic E-state index is -0.453. The summed E-state index contributed by atoms with van der Waals surface area (Å²) in [5.41, 5.74) is 0.424. The molecule has 0 radical (unpaired) electrons. The van der Waals surface area contributed by atoms with E-state index < -0.39 is 5.41 Å². The van der Waals surface area contributed by atoms with Crippen molar-refractivity contribution in [2.75, 3.05) is 19.6 Å². The molecule has 5 rings (SSSR count). The smallest absolute Gasteiger partial charge is 0.317 e. The molecule has 3 atom stereocenters. The number of nitrogens with zero attached hydrogens (tertiary/aromatic N) is 1. The molecule has 3 fully saturated rings. The van der Waals surface area contributed by atoms with E-state index in [1.165, 1.54) is 22.6 Å². The summed E-state index contributed by atoms with van der Waals surface area (Å²) in [6.45, 7) is 7.84. The lowest BCUT2D eigenvalue weighted by atomic mass is 9.58. The molecule has 178 valence electrons. The molecule has 2 saturated carbocycles. The first-order chi connectivity index (χ1) is 16.0. The lowest BCUT2D eigenvalue weighted by Crippen LogP contribution is -2.62. The summed E-state index contributed by atoms with van der Waals surface area (Å²) >= 11 is 1.93. The van der Waals surface area contributed by atoms with Gasteiger partial charge in [0.15, 0.2) is 0 Å². The van der Waals surface area contributed by atoms with Crippen LogP contribution in [-0.2, 0) is 21.4 Å². The van der Waals surface area contributed by atoms with Gasteiger partial charge in [0.2, 0.25) is 0 Å². The van der Waals surface area contributed by atoms with Gasteiger partial charge in [-0.15, -0.1) is 11.3 Å². The summed E-state index contributed by atoms with van der Waals surface area (Å²) in [7, 11) is 0. The van der Waals surface area contributed by atoms with E-state index in [9.17, 15) is 4.79 Å².